The lowest BCUT2D eigenvalue weighted by Crippen LogP contribution is -2.52. The van der Waals surface area contributed by atoms with Crippen molar-refractivity contribution in [3.8, 4) is 5.75 Å². The van der Waals surface area contributed by atoms with Gasteiger partial charge >= 0.3 is 0 Å². The highest BCUT2D eigenvalue weighted by atomic mass is 16.5. The van der Waals surface area contributed by atoms with Crippen molar-refractivity contribution in [1.82, 2.24) is 15.5 Å². The molecule has 0 aliphatic carbocycles. The number of nitrogens with zero attached hydrogens (tertiary/aromatic N) is 3. The summed E-state index contributed by atoms with van der Waals surface area (Å²) in [4.78, 5) is 21.1. The molecule has 7 nitrogen and oxygen atoms in total. The number of benzene rings is 2. The van der Waals surface area contributed by atoms with Gasteiger partial charge in [0.2, 0.25) is 5.91 Å². The number of amides is 1. The van der Waals surface area contributed by atoms with Gasteiger partial charge in [-0.1, -0.05) is 30.3 Å². The number of carbonyl (C=O) groups excluding carboxylic acids is 1. The first-order valence-corrected chi connectivity index (χ1v) is 10.8. The van der Waals surface area contributed by atoms with Gasteiger partial charge < -0.3 is 25.2 Å². The topological polar surface area (TPSA) is 69.2 Å². The van der Waals surface area contributed by atoms with E-state index in [4.69, 9.17) is 4.74 Å². The van der Waals surface area contributed by atoms with E-state index in [1.54, 1.807) is 7.05 Å². The van der Waals surface area contributed by atoms with Crippen molar-refractivity contribution in [3.05, 3.63) is 59.7 Å². The van der Waals surface area contributed by atoms with Crippen molar-refractivity contribution in [1.29, 1.82) is 0 Å². The molecule has 166 valence electrons. The van der Waals surface area contributed by atoms with Gasteiger partial charge in [-0.2, -0.15) is 0 Å². The molecule has 7 heteroatoms. The number of ether oxygens (including phenoxy) is 1. The molecule has 0 unspecified atom stereocenters. The third-order valence-corrected chi connectivity index (χ3v) is 5.35. The van der Waals surface area contributed by atoms with Crippen LogP contribution in [0.1, 0.15) is 18.1 Å². The Kier molecular flexibility index (Phi) is 8.15. The van der Waals surface area contributed by atoms with Gasteiger partial charge in [0, 0.05) is 51.0 Å². The zero-order chi connectivity index (χ0) is 22.1. The molecule has 1 fully saturated rings. The maximum Gasteiger partial charge on any atom is 0.242 e. The predicted octanol–water partition coefficient (Wildman–Crippen LogP) is 2.41. The van der Waals surface area contributed by atoms with E-state index >= 15 is 0 Å². The summed E-state index contributed by atoms with van der Waals surface area (Å²) in [7, 11) is 1.71. The molecule has 1 aliphatic rings. The Bertz CT molecular complexity index is 877. The van der Waals surface area contributed by atoms with Crippen molar-refractivity contribution in [2.45, 2.75) is 20.4 Å². The smallest absolute Gasteiger partial charge is 0.242 e. The molecule has 0 radical (unpaired) electrons. The summed E-state index contributed by atoms with van der Waals surface area (Å²) in [6.45, 7) is 8.57. The highest BCUT2D eigenvalue weighted by Gasteiger charge is 2.21. The lowest BCUT2D eigenvalue weighted by atomic mass is 10.1. The number of para-hydroxylation sites is 1. The van der Waals surface area contributed by atoms with Crippen molar-refractivity contribution in [2.24, 2.45) is 4.99 Å². The fourth-order valence-electron chi connectivity index (χ4n) is 3.62. The van der Waals surface area contributed by atoms with Crippen LogP contribution in [0, 0.1) is 6.92 Å². The monoisotopic (exact) mass is 423 g/mol. The molecule has 1 amide bonds. The Hall–Kier alpha value is -3.22. The molecule has 2 N–H and O–H groups in total. The molecule has 1 aliphatic heterocycles. The molecule has 1 heterocycles. The molecule has 0 aromatic heterocycles. The highest BCUT2D eigenvalue weighted by molar-refractivity contribution is 5.86. The normalized spacial score (nSPS) is 14.4. The minimum absolute atomic E-state index is 0.0843. The van der Waals surface area contributed by atoms with Crippen LogP contribution in [-0.2, 0) is 11.3 Å². The van der Waals surface area contributed by atoms with Gasteiger partial charge in [-0.15, -0.1) is 0 Å². The molecule has 0 spiro atoms. The summed E-state index contributed by atoms with van der Waals surface area (Å²) in [5, 5.41) is 6.41. The van der Waals surface area contributed by atoms with Crippen molar-refractivity contribution < 1.29 is 9.53 Å². The summed E-state index contributed by atoms with van der Waals surface area (Å²) >= 11 is 0. The third-order valence-electron chi connectivity index (χ3n) is 5.35. The Morgan fingerprint density at radius 1 is 1.06 bits per heavy atom. The number of nitrogens with one attached hydrogen (secondary N) is 2. The van der Waals surface area contributed by atoms with Crippen molar-refractivity contribution in [3.63, 3.8) is 0 Å². The van der Waals surface area contributed by atoms with Crippen LogP contribution in [0.15, 0.2) is 53.5 Å². The van der Waals surface area contributed by atoms with E-state index in [0.717, 1.165) is 43.1 Å². The second-order valence-electron chi connectivity index (χ2n) is 7.53. The Balaban J connectivity index is 1.45. The summed E-state index contributed by atoms with van der Waals surface area (Å²) in [6.07, 6.45) is 0. The zero-order valence-corrected chi connectivity index (χ0v) is 18.7. The number of hydrogen-bond donors (Lipinski definition) is 2. The summed E-state index contributed by atoms with van der Waals surface area (Å²) < 4.78 is 5.74. The van der Waals surface area contributed by atoms with Crippen LogP contribution < -0.4 is 20.3 Å². The molecular weight excluding hydrogens is 390 g/mol. The largest absolute Gasteiger partial charge is 0.494 e. The van der Waals surface area contributed by atoms with Crippen LogP contribution in [0.5, 0.6) is 5.75 Å². The molecule has 0 atom stereocenters. The van der Waals surface area contributed by atoms with E-state index in [9.17, 15) is 4.79 Å². The lowest BCUT2D eigenvalue weighted by Gasteiger charge is -2.36. The van der Waals surface area contributed by atoms with Crippen LogP contribution in [-0.4, -0.2) is 63.1 Å². The summed E-state index contributed by atoms with van der Waals surface area (Å²) in [5.41, 5.74) is 3.42. The second kappa shape index (κ2) is 11.2. The fourth-order valence-corrected chi connectivity index (χ4v) is 3.62. The first-order chi connectivity index (χ1) is 15.1. The van der Waals surface area contributed by atoms with Crippen molar-refractivity contribution >= 4 is 17.6 Å². The maximum absolute atomic E-state index is 12.7. The number of aryl methyl sites for hydroxylation is 1. The average Bonchev–Trinajstić information content (AvgIpc) is 2.81. The van der Waals surface area contributed by atoms with Crippen LogP contribution in [0.2, 0.25) is 0 Å². The Morgan fingerprint density at radius 2 is 1.81 bits per heavy atom. The number of carbonyl (C=O) groups is 1. The molecule has 3 rings (SSSR count). The minimum Gasteiger partial charge on any atom is -0.494 e. The third kappa shape index (κ3) is 6.38. The fraction of sp³-hybridized carbons (Fsp3) is 0.417. The zero-order valence-electron chi connectivity index (χ0n) is 18.7. The molecule has 1 saturated heterocycles. The Morgan fingerprint density at radius 3 is 2.48 bits per heavy atom. The number of anilines is 1. The summed E-state index contributed by atoms with van der Waals surface area (Å²) in [6, 6.07) is 16.5. The van der Waals surface area contributed by atoms with Crippen LogP contribution in [0.3, 0.4) is 0 Å². The molecule has 2 aromatic carbocycles. The first-order valence-electron chi connectivity index (χ1n) is 10.8. The minimum atomic E-state index is 0.0843. The van der Waals surface area contributed by atoms with Gasteiger partial charge in [0.05, 0.1) is 13.2 Å². The van der Waals surface area contributed by atoms with E-state index in [1.807, 2.05) is 43.0 Å². The van der Waals surface area contributed by atoms with E-state index in [1.165, 1.54) is 5.69 Å². The SMILES string of the molecule is CCOc1cc(C)ccc1CNC(=NC)NCC(=O)N1CCN(c2ccccc2)CC1. The highest BCUT2D eigenvalue weighted by Crippen LogP contribution is 2.20. The molecule has 0 saturated carbocycles. The number of rotatable bonds is 7. The summed E-state index contributed by atoms with van der Waals surface area (Å²) in [5.74, 6) is 1.55. The van der Waals surface area contributed by atoms with Gasteiger partial charge in [-0.25, -0.2) is 0 Å². The van der Waals surface area contributed by atoms with Gasteiger partial charge in [-0.3, -0.25) is 9.79 Å². The predicted molar refractivity (Wildman–Crippen MR) is 126 cm³/mol. The number of hydrogen-bond acceptors (Lipinski definition) is 4. The van der Waals surface area contributed by atoms with E-state index in [-0.39, 0.29) is 12.5 Å². The van der Waals surface area contributed by atoms with Crippen molar-refractivity contribution in [2.75, 3.05) is 51.3 Å². The molecule has 2 aromatic rings. The van der Waals surface area contributed by atoms with E-state index < -0.39 is 0 Å². The Labute approximate surface area is 185 Å². The molecule has 31 heavy (non-hydrogen) atoms. The molecule has 0 bridgehead atoms. The van der Waals surface area contributed by atoms with Gasteiger partial charge in [0.25, 0.3) is 0 Å². The number of guanidine groups is 1. The first kappa shape index (κ1) is 22.5. The van der Waals surface area contributed by atoms with E-state index in [2.05, 4.69) is 44.8 Å². The standard InChI is InChI=1S/C24H33N5O2/c1-4-31-22-16-19(2)10-11-20(22)17-26-24(25-3)27-18-23(30)29-14-12-28(13-15-29)21-8-6-5-7-9-21/h5-11,16H,4,12-15,17-18H2,1-3H3,(H2,25,26,27). The van der Waals surface area contributed by atoms with Crippen LogP contribution in [0.4, 0.5) is 5.69 Å². The second-order valence-corrected chi connectivity index (χ2v) is 7.53. The number of aliphatic imine (C=N–C) groups is 1. The molecular formula is C24H33N5O2. The van der Waals surface area contributed by atoms with Gasteiger partial charge in [-0.05, 0) is 37.6 Å². The lowest BCUT2D eigenvalue weighted by molar-refractivity contribution is -0.130. The maximum atomic E-state index is 12.7. The van der Waals surface area contributed by atoms with Gasteiger partial charge in [0.15, 0.2) is 5.96 Å². The van der Waals surface area contributed by atoms with Crippen LogP contribution >= 0.6 is 0 Å². The average molecular weight is 424 g/mol. The van der Waals surface area contributed by atoms with Crippen LogP contribution in [0.25, 0.3) is 0 Å². The quantitative estimate of drug-likeness (QED) is 0.529. The van der Waals surface area contributed by atoms with E-state index in [0.29, 0.717) is 19.1 Å². The number of piperazine rings is 1. The van der Waals surface area contributed by atoms with Gasteiger partial charge in [0.1, 0.15) is 5.75 Å².